The number of carbonyl (C=O) groups excluding carboxylic acids is 3. The van der Waals surface area contributed by atoms with Gasteiger partial charge in [-0.1, -0.05) is 42.5 Å². The molecule has 4 amide bonds. The van der Waals surface area contributed by atoms with E-state index < -0.39 is 6.03 Å². The lowest BCUT2D eigenvalue weighted by atomic mass is 10.1. The average Bonchev–Trinajstić information content (AvgIpc) is 3.12. The molecular formula is C24H22N4O4. The van der Waals surface area contributed by atoms with E-state index in [0.29, 0.717) is 17.1 Å². The predicted molar refractivity (Wildman–Crippen MR) is 118 cm³/mol. The van der Waals surface area contributed by atoms with E-state index in [0.717, 1.165) is 16.0 Å². The summed E-state index contributed by atoms with van der Waals surface area (Å²) in [5.74, 6) is -0.180. The maximum Gasteiger partial charge on any atom is 0.324 e. The van der Waals surface area contributed by atoms with Gasteiger partial charge in [0, 0.05) is 18.0 Å². The lowest BCUT2D eigenvalue weighted by Crippen LogP contribution is -2.30. The Kier molecular flexibility index (Phi) is 6.12. The maximum absolute atomic E-state index is 12.6. The zero-order valence-corrected chi connectivity index (χ0v) is 17.4. The Morgan fingerprint density at radius 3 is 2.62 bits per heavy atom. The molecule has 0 bridgehead atoms. The standard InChI is InChI=1S/C24H22N4O4/c1-16(18-7-3-2-4-8-18)32-21-11-10-19(13-25-21)23(30)27-20-9-5-6-17(12-20)15-28-22(29)14-26-24(28)31/h2-13,16H,14-15H2,1H3,(H,26,31)(H,27,30). The van der Waals surface area contributed by atoms with Crippen molar-refractivity contribution in [3.05, 3.63) is 89.6 Å². The zero-order chi connectivity index (χ0) is 22.5. The summed E-state index contributed by atoms with van der Waals surface area (Å²) >= 11 is 0. The van der Waals surface area contributed by atoms with Crippen LogP contribution in [0, 0.1) is 0 Å². The first-order chi connectivity index (χ1) is 15.5. The predicted octanol–water partition coefficient (Wildman–Crippen LogP) is 3.53. The third-order valence-corrected chi connectivity index (χ3v) is 5.03. The molecule has 0 radical (unpaired) electrons. The zero-order valence-electron chi connectivity index (χ0n) is 17.4. The van der Waals surface area contributed by atoms with Crippen molar-refractivity contribution in [2.75, 3.05) is 11.9 Å². The number of nitrogens with one attached hydrogen (secondary N) is 2. The topological polar surface area (TPSA) is 101 Å². The number of ether oxygens (including phenoxy) is 1. The molecular weight excluding hydrogens is 408 g/mol. The van der Waals surface area contributed by atoms with Crippen LogP contribution in [0.15, 0.2) is 72.9 Å². The van der Waals surface area contributed by atoms with Gasteiger partial charge in [0.2, 0.25) is 11.8 Å². The molecule has 1 aliphatic heterocycles. The smallest absolute Gasteiger partial charge is 0.324 e. The van der Waals surface area contributed by atoms with Gasteiger partial charge < -0.3 is 15.4 Å². The molecule has 1 aliphatic rings. The summed E-state index contributed by atoms with van der Waals surface area (Å²) < 4.78 is 5.84. The van der Waals surface area contributed by atoms with Crippen molar-refractivity contribution >= 4 is 23.5 Å². The molecule has 0 aliphatic carbocycles. The molecule has 1 fully saturated rings. The number of anilines is 1. The highest BCUT2D eigenvalue weighted by molar-refractivity contribution is 6.04. The fourth-order valence-corrected chi connectivity index (χ4v) is 3.31. The minimum absolute atomic E-state index is 0.00605. The highest BCUT2D eigenvalue weighted by Crippen LogP contribution is 2.20. The van der Waals surface area contributed by atoms with E-state index in [9.17, 15) is 14.4 Å². The second kappa shape index (κ2) is 9.30. The lowest BCUT2D eigenvalue weighted by Gasteiger charge is -2.14. The number of nitrogens with zero attached hydrogens (tertiary/aromatic N) is 2. The van der Waals surface area contributed by atoms with Crippen molar-refractivity contribution in [3.8, 4) is 5.88 Å². The number of urea groups is 1. The number of hydrogen-bond acceptors (Lipinski definition) is 5. The fourth-order valence-electron chi connectivity index (χ4n) is 3.31. The van der Waals surface area contributed by atoms with Gasteiger partial charge in [-0.15, -0.1) is 0 Å². The van der Waals surface area contributed by atoms with Crippen LogP contribution in [0.1, 0.15) is 34.5 Å². The number of rotatable bonds is 7. The Balaban J connectivity index is 1.37. The molecule has 8 heteroatoms. The molecule has 3 aromatic rings. The van der Waals surface area contributed by atoms with E-state index in [1.807, 2.05) is 37.3 Å². The van der Waals surface area contributed by atoms with E-state index in [-0.39, 0.29) is 31.0 Å². The van der Waals surface area contributed by atoms with E-state index in [2.05, 4.69) is 15.6 Å². The normalized spacial score (nSPS) is 14.1. The number of aromatic nitrogens is 1. The molecule has 32 heavy (non-hydrogen) atoms. The first kappa shape index (κ1) is 21.0. The SMILES string of the molecule is CC(Oc1ccc(C(=O)Nc2cccc(CN3C(=O)CNC3=O)c2)cn1)c1ccccc1. The van der Waals surface area contributed by atoms with Crippen LogP contribution in [0.25, 0.3) is 0 Å². The van der Waals surface area contributed by atoms with Crippen LogP contribution < -0.4 is 15.4 Å². The lowest BCUT2D eigenvalue weighted by molar-refractivity contribution is -0.125. The van der Waals surface area contributed by atoms with Crippen molar-refractivity contribution in [2.45, 2.75) is 19.6 Å². The summed E-state index contributed by atoms with van der Waals surface area (Å²) in [6, 6.07) is 19.7. The van der Waals surface area contributed by atoms with Crippen molar-refractivity contribution < 1.29 is 19.1 Å². The van der Waals surface area contributed by atoms with Gasteiger partial charge in [-0.25, -0.2) is 9.78 Å². The van der Waals surface area contributed by atoms with Crippen molar-refractivity contribution in [3.63, 3.8) is 0 Å². The Bertz CT molecular complexity index is 1120. The van der Waals surface area contributed by atoms with E-state index in [4.69, 9.17) is 4.74 Å². The van der Waals surface area contributed by atoms with Gasteiger partial charge >= 0.3 is 6.03 Å². The van der Waals surface area contributed by atoms with Crippen LogP contribution in [-0.2, 0) is 11.3 Å². The molecule has 0 spiro atoms. The van der Waals surface area contributed by atoms with Crippen LogP contribution in [-0.4, -0.2) is 34.3 Å². The fraction of sp³-hybridized carbons (Fsp3) is 0.167. The molecule has 1 saturated heterocycles. The third kappa shape index (κ3) is 4.92. The minimum Gasteiger partial charge on any atom is -0.470 e. The largest absolute Gasteiger partial charge is 0.470 e. The summed E-state index contributed by atoms with van der Waals surface area (Å²) in [4.78, 5) is 41.5. The molecule has 2 aromatic carbocycles. The first-order valence-corrected chi connectivity index (χ1v) is 10.2. The van der Waals surface area contributed by atoms with E-state index >= 15 is 0 Å². The van der Waals surface area contributed by atoms with Gasteiger partial charge in [0.05, 0.1) is 18.7 Å². The maximum atomic E-state index is 12.6. The summed E-state index contributed by atoms with van der Waals surface area (Å²) in [6.45, 7) is 2.08. The van der Waals surface area contributed by atoms with E-state index in [1.165, 1.54) is 6.20 Å². The molecule has 4 rings (SSSR count). The van der Waals surface area contributed by atoms with Crippen molar-refractivity contribution in [1.29, 1.82) is 0 Å². The van der Waals surface area contributed by atoms with Crippen LogP contribution >= 0.6 is 0 Å². The number of carbonyl (C=O) groups is 3. The number of benzene rings is 2. The Morgan fingerprint density at radius 1 is 1.12 bits per heavy atom. The molecule has 1 atom stereocenters. The van der Waals surface area contributed by atoms with Gasteiger partial charge in [-0.05, 0) is 36.2 Å². The molecule has 162 valence electrons. The molecule has 8 nitrogen and oxygen atoms in total. The molecule has 2 heterocycles. The van der Waals surface area contributed by atoms with Crippen LogP contribution in [0.4, 0.5) is 10.5 Å². The van der Waals surface area contributed by atoms with Crippen LogP contribution in [0.3, 0.4) is 0 Å². The highest BCUT2D eigenvalue weighted by atomic mass is 16.5. The van der Waals surface area contributed by atoms with Gasteiger partial charge in [0.1, 0.15) is 6.10 Å². The second-order valence-electron chi connectivity index (χ2n) is 7.35. The van der Waals surface area contributed by atoms with Crippen molar-refractivity contribution in [1.82, 2.24) is 15.2 Å². The molecule has 1 aromatic heterocycles. The van der Waals surface area contributed by atoms with Crippen LogP contribution in [0.2, 0.25) is 0 Å². The number of pyridine rings is 1. The van der Waals surface area contributed by atoms with Crippen LogP contribution in [0.5, 0.6) is 5.88 Å². The second-order valence-corrected chi connectivity index (χ2v) is 7.35. The van der Waals surface area contributed by atoms with E-state index in [1.54, 1.807) is 36.4 Å². The summed E-state index contributed by atoms with van der Waals surface area (Å²) in [5, 5.41) is 5.29. The van der Waals surface area contributed by atoms with Crippen molar-refractivity contribution in [2.24, 2.45) is 0 Å². The number of amides is 4. The monoisotopic (exact) mass is 430 g/mol. The molecule has 2 N–H and O–H groups in total. The quantitative estimate of drug-likeness (QED) is 0.559. The number of imide groups is 1. The summed E-state index contributed by atoms with van der Waals surface area (Å²) in [5.41, 5.74) is 2.69. The Hall–Kier alpha value is -4.20. The Morgan fingerprint density at radius 2 is 1.94 bits per heavy atom. The summed E-state index contributed by atoms with van der Waals surface area (Å²) in [7, 11) is 0. The average molecular weight is 430 g/mol. The molecule has 1 unspecified atom stereocenters. The number of hydrogen-bond donors (Lipinski definition) is 2. The molecule has 0 saturated carbocycles. The Labute approximate surface area is 185 Å². The first-order valence-electron chi connectivity index (χ1n) is 10.2. The van der Waals surface area contributed by atoms with Gasteiger partial charge in [-0.3, -0.25) is 14.5 Å². The van der Waals surface area contributed by atoms with Gasteiger partial charge in [0.25, 0.3) is 5.91 Å². The van der Waals surface area contributed by atoms with Gasteiger partial charge in [0.15, 0.2) is 0 Å². The highest BCUT2D eigenvalue weighted by Gasteiger charge is 2.28. The minimum atomic E-state index is -0.417. The summed E-state index contributed by atoms with van der Waals surface area (Å²) in [6.07, 6.45) is 1.29. The van der Waals surface area contributed by atoms with Gasteiger partial charge in [-0.2, -0.15) is 0 Å². The third-order valence-electron chi connectivity index (χ3n) is 5.03.